The number of amidine groups is 1. The molecule has 1 rings (SSSR count). The summed E-state index contributed by atoms with van der Waals surface area (Å²) in [6.07, 6.45) is 5.05. The molecule has 0 fully saturated rings. The number of nitrogens with zero attached hydrogens (tertiary/aromatic N) is 2. The van der Waals surface area contributed by atoms with Crippen molar-refractivity contribution in [2.45, 2.75) is 64.7 Å². The van der Waals surface area contributed by atoms with Gasteiger partial charge in [-0.1, -0.05) is 39.0 Å². The molecule has 0 saturated carbocycles. The molecule has 0 amide bonds. The van der Waals surface area contributed by atoms with Crippen molar-refractivity contribution in [1.29, 1.82) is 0 Å². The van der Waals surface area contributed by atoms with E-state index in [1.165, 1.54) is 50.5 Å². The topological polar surface area (TPSA) is 27.6 Å². The number of nitrogens with one attached hydrogen (secondary N) is 1. The molecule has 19 heavy (non-hydrogen) atoms. The van der Waals surface area contributed by atoms with Crippen LogP contribution in [0.3, 0.4) is 0 Å². The van der Waals surface area contributed by atoms with Gasteiger partial charge >= 0.3 is 0 Å². The van der Waals surface area contributed by atoms with E-state index in [4.69, 9.17) is 0 Å². The summed E-state index contributed by atoms with van der Waals surface area (Å²) < 4.78 is 0. The Kier molecular flexibility index (Phi) is 8.55. The van der Waals surface area contributed by atoms with Crippen molar-refractivity contribution in [3.05, 3.63) is 0 Å². The third-order valence-corrected chi connectivity index (χ3v) is 4.89. The van der Waals surface area contributed by atoms with Crippen LogP contribution in [0.2, 0.25) is 0 Å². The summed E-state index contributed by atoms with van der Waals surface area (Å²) in [5, 5.41) is 5.46. The Morgan fingerprint density at radius 1 is 1.37 bits per heavy atom. The molecule has 0 spiro atoms. The first-order valence-corrected chi connectivity index (χ1v) is 8.77. The molecule has 2 unspecified atom stereocenters. The maximum Gasteiger partial charge on any atom is 0.157 e. The molecule has 0 aromatic rings. The van der Waals surface area contributed by atoms with Gasteiger partial charge in [-0.05, 0) is 45.8 Å². The average Bonchev–Trinajstić information content (AvgIpc) is 2.82. The van der Waals surface area contributed by atoms with Gasteiger partial charge < -0.3 is 10.2 Å². The lowest BCUT2D eigenvalue weighted by atomic mass is 10.2. The van der Waals surface area contributed by atoms with Gasteiger partial charge in [0.2, 0.25) is 0 Å². The highest BCUT2D eigenvalue weighted by Crippen LogP contribution is 2.23. The molecule has 112 valence electrons. The van der Waals surface area contributed by atoms with Gasteiger partial charge in [0.25, 0.3) is 0 Å². The van der Waals surface area contributed by atoms with Crippen LogP contribution < -0.4 is 5.32 Å². The molecule has 2 atom stereocenters. The zero-order valence-electron chi connectivity index (χ0n) is 13.1. The van der Waals surface area contributed by atoms with Crippen molar-refractivity contribution in [1.82, 2.24) is 10.2 Å². The first kappa shape index (κ1) is 16.8. The molecule has 1 aliphatic rings. The Morgan fingerprint density at radius 2 is 2.11 bits per heavy atom. The lowest BCUT2D eigenvalue weighted by molar-refractivity contribution is 0.293. The molecule has 0 bridgehead atoms. The smallest absolute Gasteiger partial charge is 0.157 e. The summed E-state index contributed by atoms with van der Waals surface area (Å²) in [5.41, 5.74) is 0. The normalized spacial score (nSPS) is 20.7. The van der Waals surface area contributed by atoms with Crippen LogP contribution in [0.25, 0.3) is 0 Å². The first-order valence-electron chi connectivity index (χ1n) is 7.89. The zero-order valence-corrected chi connectivity index (χ0v) is 13.9. The van der Waals surface area contributed by atoms with Gasteiger partial charge in [0.05, 0.1) is 6.54 Å². The van der Waals surface area contributed by atoms with Crippen molar-refractivity contribution >= 4 is 16.9 Å². The predicted molar refractivity (Wildman–Crippen MR) is 88.2 cm³/mol. The Bertz CT molecular complexity index is 264. The van der Waals surface area contributed by atoms with Crippen LogP contribution >= 0.6 is 11.8 Å². The average molecular weight is 286 g/mol. The highest BCUT2D eigenvalue weighted by Gasteiger charge is 2.19. The second kappa shape index (κ2) is 9.65. The fourth-order valence-electron chi connectivity index (χ4n) is 2.41. The largest absolute Gasteiger partial charge is 0.362 e. The van der Waals surface area contributed by atoms with Crippen molar-refractivity contribution in [3.8, 4) is 0 Å². The molecule has 0 aromatic heterocycles. The maximum absolute atomic E-state index is 4.61. The molecule has 0 aliphatic carbocycles. The van der Waals surface area contributed by atoms with E-state index >= 15 is 0 Å². The molecule has 1 heterocycles. The van der Waals surface area contributed by atoms with Crippen LogP contribution in [0.1, 0.15) is 53.4 Å². The molecule has 0 saturated heterocycles. The molecule has 3 nitrogen and oxygen atoms in total. The molecule has 1 aliphatic heterocycles. The monoisotopic (exact) mass is 285 g/mol. The van der Waals surface area contributed by atoms with Gasteiger partial charge in [0.15, 0.2) is 5.17 Å². The molecule has 1 N–H and O–H groups in total. The van der Waals surface area contributed by atoms with E-state index < -0.39 is 0 Å². The minimum Gasteiger partial charge on any atom is -0.362 e. The summed E-state index contributed by atoms with van der Waals surface area (Å²) in [6, 6.07) is 0.544. The summed E-state index contributed by atoms with van der Waals surface area (Å²) in [6.45, 7) is 13.6. The zero-order chi connectivity index (χ0) is 14.1. The first-order chi connectivity index (χ1) is 9.19. The van der Waals surface area contributed by atoms with Crippen LogP contribution in [0.5, 0.6) is 0 Å². The fourth-order valence-corrected chi connectivity index (χ4v) is 3.65. The van der Waals surface area contributed by atoms with Crippen LogP contribution in [0.4, 0.5) is 0 Å². The highest BCUT2D eigenvalue weighted by molar-refractivity contribution is 8.14. The number of hydrogen-bond donors (Lipinski definition) is 1. The third-order valence-electron chi connectivity index (χ3n) is 3.70. The van der Waals surface area contributed by atoms with Crippen LogP contribution in [0, 0.1) is 0 Å². The molecular weight excluding hydrogens is 254 g/mol. The molecular formula is C15H31N3S. The molecule has 4 heteroatoms. The summed E-state index contributed by atoms with van der Waals surface area (Å²) in [4.78, 5) is 7.10. The predicted octanol–water partition coefficient (Wildman–Crippen LogP) is 3.36. The van der Waals surface area contributed by atoms with Crippen LogP contribution in [-0.4, -0.2) is 47.5 Å². The Morgan fingerprint density at radius 3 is 2.74 bits per heavy atom. The van der Waals surface area contributed by atoms with E-state index in [0.717, 1.165) is 11.8 Å². The minimum absolute atomic E-state index is 0.544. The van der Waals surface area contributed by atoms with Gasteiger partial charge in [0.1, 0.15) is 0 Å². The van der Waals surface area contributed by atoms with Crippen molar-refractivity contribution in [2.24, 2.45) is 4.99 Å². The van der Waals surface area contributed by atoms with Crippen LogP contribution in [0.15, 0.2) is 4.99 Å². The van der Waals surface area contributed by atoms with Crippen molar-refractivity contribution in [2.75, 3.05) is 26.2 Å². The Balaban J connectivity index is 2.13. The lowest BCUT2D eigenvalue weighted by Crippen LogP contribution is -2.31. The van der Waals surface area contributed by atoms with E-state index in [1.54, 1.807) is 0 Å². The third kappa shape index (κ3) is 6.66. The Hall–Kier alpha value is -0.220. The van der Waals surface area contributed by atoms with E-state index in [9.17, 15) is 0 Å². The van der Waals surface area contributed by atoms with E-state index in [2.05, 4.69) is 42.9 Å². The van der Waals surface area contributed by atoms with Crippen molar-refractivity contribution in [3.63, 3.8) is 0 Å². The molecule has 0 radical (unpaired) electrons. The number of aliphatic imine (C=N–C) groups is 1. The lowest BCUT2D eigenvalue weighted by Gasteiger charge is -2.20. The Labute approximate surface area is 123 Å². The summed E-state index contributed by atoms with van der Waals surface area (Å²) in [7, 11) is 0. The van der Waals surface area contributed by atoms with Gasteiger partial charge in [-0.3, -0.25) is 4.99 Å². The molecule has 0 aromatic carbocycles. The maximum atomic E-state index is 4.61. The van der Waals surface area contributed by atoms with Gasteiger partial charge in [-0.2, -0.15) is 0 Å². The number of hydrogen-bond acceptors (Lipinski definition) is 4. The standard InChI is InChI=1S/C15H31N3S/c1-5-9-14-12-16-15(19-14)17-13(4)10-8-11-18(6-2)7-3/h13-14H,5-12H2,1-4H3,(H,16,17). The van der Waals surface area contributed by atoms with Gasteiger partial charge in [0, 0.05) is 11.3 Å². The fraction of sp³-hybridized carbons (Fsp3) is 0.933. The van der Waals surface area contributed by atoms with E-state index in [1.807, 2.05) is 11.8 Å². The SMILES string of the molecule is CCCC1CN=C(NC(C)CCCN(CC)CC)S1. The van der Waals surface area contributed by atoms with E-state index in [0.29, 0.717) is 6.04 Å². The van der Waals surface area contributed by atoms with Gasteiger partial charge in [-0.15, -0.1) is 0 Å². The minimum atomic E-state index is 0.544. The second-order valence-electron chi connectivity index (χ2n) is 5.39. The number of thioether (sulfide) groups is 1. The van der Waals surface area contributed by atoms with E-state index in [-0.39, 0.29) is 0 Å². The van der Waals surface area contributed by atoms with Crippen LogP contribution in [-0.2, 0) is 0 Å². The summed E-state index contributed by atoms with van der Waals surface area (Å²) in [5.74, 6) is 0. The summed E-state index contributed by atoms with van der Waals surface area (Å²) >= 11 is 1.94. The quantitative estimate of drug-likeness (QED) is 0.704. The second-order valence-corrected chi connectivity index (χ2v) is 6.68. The van der Waals surface area contributed by atoms with Crippen molar-refractivity contribution < 1.29 is 0 Å². The highest BCUT2D eigenvalue weighted by atomic mass is 32.2. The van der Waals surface area contributed by atoms with Gasteiger partial charge in [-0.25, -0.2) is 0 Å². The number of rotatable bonds is 9.